The van der Waals surface area contributed by atoms with Gasteiger partial charge in [0.05, 0.1) is 12.3 Å². The smallest absolute Gasteiger partial charge is 0.243 e. The van der Waals surface area contributed by atoms with E-state index < -0.39 is 0 Å². The standard InChI is InChI=1S/C19H18BrN3O2/c20-15-7-4-8-16(13-15)21-18(24)9-10-19(25)23-12-11-17(22-23)14-5-2-1-3-6-14/h1-8,13H,9-12H2,(H,21,24). The van der Waals surface area contributed by atoms with Crippen LogP contribution in [0.3, 0.4) is 0 Å². The third-order valence-electron chi connectivity index (χ3n) is 3.87. The predicted octanol–water partition coefficient (Wildman–Crippen LogP) is 3.80. The van der Waals surface area contributed by atoms with Gasteiger partial charge in [0.2, 0.25) is 11.8 Å². The molecule has 0 saturated heterocycles. The number of carbonyl (C=O) groups excluding carboxylic acids is 2. The molecule has 0 aromatic heterocycles. The molecular weight excluding hydrogens is 382 g/mol. The van der Waals surface area contributed by atoms with Crippen LogP contribution < -0.4 is 5.32 Å². The van der Waals surface area contributed by atoms with Crippen molar-refractivity contribution in [1.29, 1.82) is 0 Å². The summed E-state index contributed by atoms with van der Waals surface area (Å²) in [5, 5.41) is 8.65. The first-order valence-corrected chi connectivity index (χ1v) is 8.90. The average molecular weight is 400 g/mol. The van der Waals surface area contributed by atoms with Crippen LogP contribution in [0.1, 0.15) is 24.8 Å². The lowest BCUT2D eigenvalue weighted by Crippen LogP contribution is -2.24. The van der Waals surface area contributed by atoms with Gasteiger partial charge in [-0.3, -0.25) is 9.59 Å². The second-order valence-corrected chi connectivity index (χ2v) is 6.65. The zero-order valence-electron chi connectivity index (χ0n) is 13.6. The van der Waals surface area contributed by atoms with Crippen molar-refractivity contribution >= 4 is 39.1 Å². The van der Waals surface area contributed by atoms with Gasteiger partial charge in [-0.15, -0.1) is 0 Å². The third kappa shape index (κ3) is 4.76. The van der Waals surface area contributed by atoms with Crippen LogP contribution >= 0.6 is 15.9 Å². The van der Waals surface area contributed by atoms with Crippen molar-refractivity contribution in [2.75, 3.05) is 11.9 Å². The third-order valence-corrected chi connectivity index (χ3v) is 4.36. The van der Waals surface area contributed by atoms with Crippen molar-refractivity contribution in [1.82, 2.24) is 5.01 Å². The van der Waals surface area contributed by atoms with Gasteiger partial charge in [0.15, 0.2) is 0 Å². The topological polar surface area (TPSA) is 61.8 Å². The van der Waals surface area contributed by atoms with E-state index >= 15 is 0 Å². The van der Waals surface area contributed by atoms with E-state index in [1.165, 1.54) is 5.01 Å². The first-order chi connectivity index (χ1) is 12.1. The highest BCUT2D eigenvalue weighted by atomic mass is 79.9. The normalized spacial score (nSPS) is 13.5. The van der Waals surface area contributed by atoms with Crippen molar-refractivity contribution < 1.29 is 9.59 Å². The Labute approximate surface area is 154 Å². The van der Waals surface area contributed by atoms with Crippen molar-refractivity contribution in [3.63, 3.8) is 0 Å². The highest BCUT2D eigenvalue weighted by Crippen LogP contribution is 2.17. The summed E-state index contributed by atoms with van der Waals surface area (Å²) in [6, 6.07) is 17.2. The summed E-state index contributed by atoms with van der Waals surface area (Å²) in [5.74, 6) is -0.312. The van der Waals surface area contributed by atoms with Gasteiger partial charge in [0, 0.05) is 29.4 Å². The molecule has 0 radical (unpaired) electrons. The van der Waals surface area contributed by atoms with Crippen LogP contribution in [0.25, 0.3) is 0 Å². The molecule has 0 bridgehead atoms. The Kier molecular flexibility index (Phi) is 5.60. The average Bonchev–Trinajstić information content (AvgIpc) is 3.11. The van der Waals surface area contributed by atoms with Crippen molar-refractivity contribution in [2.45, 2.75) is 19.3 Å². The number of halogens is 1. The van der Waals surface area contributed by atoms with E-state index in [9.17, 15) is 9.59 Å². The lowest BCUT2D eigenvalue weighted by Gasteiger charge is -2.11. The number of nitrogens with zero attached hydrogens (tertiary/aromatic N) is 2. The van der Waals surface area contributed by atoms with E-state index in [4.69, 9.17) is 0 Å². The van der Waals surface area contributed by atoms with E-state index in [-0.39, 0.29) is 24.7 Å². The van der Waals surface area contributed by atoms with Gasteiger partial charge >= 0.3 is 0 Å². The Morgan fingerprint density at radius 2 is 1.88 bits per heavy atom. The van der Waals surface area contributed by atoms with Crippen molar-refractivity contribution in [3.05, 3.63) is 64.6 Å². The van der Waals surface area contributed by atoms with E-state index in [1.54, 1.807) is 6.07 Å². The molecule has 0 spiro atoms. The second kappa shape index (κ2) is 8.07. The van der Waals surface area contributed by atoms with Crippen LogP contribution in [0.4, 0.5) is 5.69 Å². The minimum absolute atomic E-state index is 0.129. The molecule has 6 heteroatoms. The molecule has 0 saturated carbocycles. The summed E-state index contributed by atoms with van der Waals surface area (Å²) in [7, 11) is 0. The lowest BCUT2D eigenvalue weighted by molar-refractivity contribution is -0.132. The molecule has 1 heterocycles. The van der Waals surface area contributed by atoms with E-state index in [0.29, 0.717) is 12.2 Å². The van der Waals surface area contributed by atoms with Crippen LogP contribution in [0.2, 0.25) is 0 Å². The Balaban J connectivity index is 1.51. The van der Waals surface area contributed by atoms with Gasteiger partial charge in [-0.25, -0.2) is 5.01 Å². The molecule has 0 aliphatic carbocycles. The van der Waals surface area contributed by atoms with Crippen LogP contribution in [0.15, 0.2) is 64.2 Å². The summed E-state index contributed by atoms with van der Waals surface area (Å²) in [4.78, 5) is 24.3. The minimum atomic E-state index is -0.182. The fraction of sp³-hybridized carbons (Fsp3) is 0.211. The number of benzene rings is 2. The fourth-order valence-electron chi connectivity index (χ4n) is 2.61. The molecule has 128 valence electrons. The Bertz CT molecular complexity index is 805. The van der Waals surface area contributed by atoms with Crippen LogP contribution in [-0.2, 0) is 9.59 Å². The molecule has 5 nitrogen and oxygen atoms in total. The maximum absolute atomic E-state index is 12.3. The molecule has 3 rings (SSSR count). The molecule has 2 aromatic rings. The highest BCUT2D eigenvalue weighted by Gasteiger charge is 2.21. The molecule has 0 atom stereocenters. The number of rotatable bonds is 5. The van der Waals surface area contributed by atoms with Crippen molar-refractivity contribution in [2.24, 2.45) is 5.10 Å². The molecule has 2 amide bonds. The molecule has 1 aliphatic heterocycles. The Morgan fingerprint density at radius 3 is 2.64 bits per heavy atom. The number of hydrogen-bond donors (Lipinski definition) is 1. The summed E-state index contributed by atoms with van der Waals surface area (Å²) in [6.07, 6.45) is 1.02. The number of amides is 2. The van der Waals surface area contributed by atoms with Crippen molar-refractivity contribution in [3.8, 4) is 0 Å². The predicted molar refractivity (Wildman–Crippen MR) is 101 cm³/mol. The van der Waals surface area contributed by atoms with Gasteiger partial charge < -0.3 is 5.32 Å². The van der Waals surface area contributed by atoms with Gasteiger partial charge in [-0.1, -0.05) is 52.3 Å². The molecular formula is C19H18BrN3O2. The fourth-order valence-corrected chi connectivity index (χ4v) is 3.01. The quantitative estimate of drug-likeness (QED) is 0.830. The maximum atomic E-state index is 12.3. The van der Waals surface area contributed by atoms with Gasteiger partial charge in [0.25, 0.3) is 0 Å². The van der Waals surface area contributed by atoms with Crippen LogP contribution in [0, 0.1) is 0 Å². The van der Waals surface area contributed by atoms with Crippen LogP contribution in [-0.4, -0.2) is 29.1 Å². The molecule has 25 heavy (non-hydrogen) atoms. The number of hydrogen-bond acceptors (Lipinski definition) is 3. The number of hydrazone groups is 1. The second-order valence-electron chi connectivity index (χ2n) is 5.74. The van der Waals surface area contributed by atoms with E-state index in [2.05, 4.69) is 26.3 Å². The number of carbonyl (C=O) groups is 2. The molecule has 1 N–H and O–H groups in total. The Hall–Kier alpha value is -2.47. The lowest BCUT2D eigenvalue weighted by atomic mass is 10.1. The summed E-state index contributed by atoms with van der Waals surface area (Å²) in [5.41, 5.74) is 2.65. The minimum Gasteiger partial charge on any atom is -0.326 e. The largest absolute Gasteiger partial charge is 0.326 e. The zero-order chi connectivity index (χ0) is 17.6. The molecule has 0 fully saturated rings. The molecule has 0 unspecified atom stereocenters. The van der Waals surface area contributed by atoms with E-state index in [0.717, 1.165) is 22.2 Å². The van der Waals surface area contributed by atoms with Crippen LogP contribution in [0.5, 0.6) is 0 Å². The summed E-state index contributed by atoms with van der Waals surface area (Å²) < 4.78 is 0.890. The number of anilines is 1. The van der Waals surface area contributed by atoms with Gasteiger partial charge in [-0.05, 0) is 23.8 Å². The summed E-state index contributed by atoms with van der Waals surface area (Å²) in [6.45, 7) is 0.566. The monoisotopic (exact) mass is 399 g/mol. The highest BCUT2D eigenvalue weighted by molar-refractivity contribution is 9.10. The van der Waals surface area contributed by atoms with E-state index in [1.807, 2.05) is 48.5 Å². The SMILES string of the molecule is O=C(CCC(=O)N1CCC(c2ccccc2)=N1)Nc1cccc(Br)c1. The Morgan fingerprint density at radius 1 is 1.08 bits per heavy atom. The van der Waals surface area contributed by atoms with Gasteiger partial charge in [0.1, 0.15) is 0 Å². The maximum Gasteiger partial charge on any atom is 0.243 e. The van der Waals surface area contributed by atoms with Gasteiger partial charge in [-0.2, -0.15) is 5.10 Å². The zero-order valence-corrected chi connectivity index (χ0v) is 15.2. The first kappa shape index (κ1) is 17.4. The number of nitrogens with one attached hydrogen (secondary N) is 1. The summed E-state index contributed by atoms with van der Waals surface area (Å²) >= 11 is 3.36. The molecule has 2 aromatic carbocycles. The first-order valence-electron chi connectivity index (χ1n) is 8.10. The molecule has 1 aliphatic rings.